The van der Waals surface area contributed by atoms with E-state index in [4.69, 9.17) is 5.73 Å². The Morgan fingerprint density at radius 3 is 2.82 bits per heavy atom. The summed E-state index contributed by atoms with van der Waals surface area (Å²) in [5, 5.41) is 2.84. The highest BCUT2D eigenvalue weighted by Crippen LogP contribution is 2.45. The second-order valence-electron chi connectivity index (χ2n) is 5.22. The molecule has 0 spiro atoms. The van der Waals surface area contributed by atoms with E-state index in [1.54, 1.807) is 0 Å². The van der Waals surface area contributed by atoms with Gasteiger partial charge in [0.15, 0.2) is 0 Å². The number of nitrogens with two attached hydrogens (primary N) is 1. The SMILES string of the molecule is Cc1c(C2CC2)cc2c(c1NC(N)=O)CCC2. The fourth-order valence-electron chi connectivity index (χ4n) is 2.99. The van der Waals surface area contributed by atoms with Crippen LogP contribution < -0.4 is 11.1 Å². The molecule has 0 heterocycles. The minimum absolute atomic E-state index is 0.449. The Morgan fingerprint density at radius 1 is 1.41 bits per heavy atom. The Hall–Kier alpha value is -1.51. The molecule has 3 rings (SSSR count). The number of carbonyl (C=O) groups excluding carboxylic acids is 1. The molecule has 2 aliphatic rings. The summed E-state index contributed by atoms with van der Waals surface area (Å²) in [6, 6.07) is 1.91. The summed E-state index contributed by atoms with van der Waals surface area (Å²) in [5.74, 6) is 0.717. The first kappa shape index (κ1) is 10.6. The number of primary amides is 1. The summed E-state index contributed by atoms with van der Waals surface area (Å²) >= 11 is 0. The third-order valence-corrected chi connectivity index (χ3v) is 3.97. The van der Waals surface area contributed by atoms with Gasteiger partial charge in [0.2, 0.25) is 0 Å². The van der Waals surface area contributed by atoms with Crippen molar-refractivity contribution in [3.63, 3.8) is 0 Å². The summed E-state index contributed by atoms with van der Waals surface area (Å²) in [6.45, 7) is 2.11. The summed E-state index contributed by atoms with van der Waals surface area (Å²) in [4.78, 5) is 11.1. The molecule has 1 fully saturated rings. The first-order valence-corrected chi connectivity index (χ1v) is 6.38. The Labute approximate surface area is 101 Å². The highest BCUT2D eigenvalue weighted by atomic mass is 16.2. The second kappa shape index (κ2) is 3.76. The van der Waals surface area contributed by atoms with Crippen LogP contribution in [0.4, 0.5) is 10.5 Å². The van der Waals surface area contributed by atoms with Crippen LogP contribution in [0.1, 0.15) is 47.4 Å². The molecular formula is C14H18N2O. The maximum Gasteiger partial charge on any atom is 0.316 e. The van der Waals surface area contributed by atoms with Gasteiger partial charge in [0.25, 0.3) is 0 Å². The zero-order valence-corrected chi connectivity index (χ0v) is 10.2. The Bertz CT molecular complexity index is 489. The van der Waals surface area contributed by atoms with Crippen molar-refractivity contribution in [2.45, 2.75) is 44.9 Å². The Morgan fingerprint density at radius 2 is 2.18 bits per heavy atom. The van der Waals surface area contributed by atoms with Crippen LogP contribution in [-0.4, -0.2) is 6.03 Å². The van der Waals surface area contributed by atoms with Gasteiger partial charge in [0, 0.05) is 5.69 Å². The zero-order valence-electron chi connectivity index (χ0n) is 10.2. The molecule has 0 radical (unpaired) electrons. The molecule has 1 saturated carbocycles. The number of hydrogen-bond donors (Lipinski definition) is 2. The molecule has 0 bridgehead atoms. The van der Waals surface area contributed by atoms with Crippen LogP contribution in [0.25, 0.3) is 0 Å². The predicted molar refractivity (Wildman–Crippen MR) is 68.4 cm³/mol. The molecule has 2 aliphatic carbocycles. The minimum Gasteiger partial charge on any atom is -0.351 e. The quantitative estimate of drug-likeness (QED) is 0.806. The lowest BCUT2D eigenvalue weighted by atomic mass is 9.95. The lowest BCUT2D eigenvalue weighted by Crippen LogP contribution is -2.21. The number of rotatable bonds is 2. The average molecular weight is 230 g/mol. The van der Waals surface area contributed by atoms with Crippen LogP contribution in [0.5, 0.6) is 0 Å². The van der Waals surface area contributed by atoms with Crippen LogP contribution in [-0.2, 0) is 12.8 Å². The van der Waals surface area contributed by atoms with Crippen molar-refractivity contribution in [1.29, 1.82) is 0 Å². The summed E-state index contributed by atoms with van der Waals surface area (Å²) in [6.07, 6.45) is 5.97. The van der Waals surface area contributed by atoms with E-state index in [1.165, 1.54) is 41.5 Å². The molecule has 0 atom stereocenters. The molecule has 90 valence electrons. The maximum absolute atomic E-state index is 11.1. The molecule has 3 nitrogen and oxygen atoms in total. The second-order valence-corrected chi connectivity index (χ2v) is 5.22. The molecular weight excluding hydrogens is 212 g/mol. The van der Waals surface area contributed by atoms with E-state index in [1.807, 2.05) is 0 Å². The fourth-order valence-corrected chi connectivity index (χ4v) is 2.99. The van der Waals surface area contributed by atoms with Crippen molar-refractivity contribution < 1.29 is 4.79 Å². The predicted octanol–water partition coefficient (Wildman–Crippen LogP) is 2.85. The van der Waals surface area contributed by atoms with E-state index < -0.39 is 6.03 Å². The van der Waals surface area contributed by atoms with Crippen molar-refractivity contribution >= 4 is 11.7 Å². The van der Waals surface area contributed by atoms with E-state index in [-0.39, 0.29) is 0 Å². The lowest BCUT2D eigenvalue weighted by molar-refractivity contribution is 0.259. The molecule has 17 heavy (non-hydrogen) atoms. The molecule has 2 amide bonds. The van der Waals surface area contributed by atoms with E-state index >= 15 is 0 Å². The van der Waals surface area contributed by atoms with E-state index in [0.29, 0.717) is 5.92 Å². The van der Waals surface area contributed by atoms with Crippen LogP contribution in [0.3, 0.4) is 0 Å². The van der Waals surface area contributed by atoms with Crippen molar-refractivity contribution in [3.05, 3.63) is 28.3 Å². The van der Waals surface area contributed by atoms with Crippen LogP contribution in [0.2, 0.25) is 0 Å². The third-order valence-electron chi connectivity index (χ3n) is 3.97. The molecule has 1 aromatic carbocycles. The van der Waals surface area contributed by atoms with Gasteiger partial charge in [-0.2, -0.15) is 0 Å². The Balaban J connectivity index is 2.12. The first-order chi connectivity index (χ1) is 8.16. The molecule has 0 aromatic heterocycles. The van der Waals surface area contributed by atoms with Gasteiger partial charge in [0.05, 0.1) is 0 Å². The summed E-state index contributed by atoms with van der Waals surface area (Å²) in [7, 11) is 0. The van der Waals surface area contributed by atoms with Gasteiger partial charge < -0.3 is 11.1 Å². The van der Waals surface area contributed by atoms with Crippen molar-refractivity contribution in [1.82, 2.24) is 0 Å². The number of benzene rings is 1. The van der Waals surface area contributed by atoms with Crippen molar-refractivity contribution in [2.75, 3.05) is 5.32 Å². The molecule has 3 heteroatoms. The molecule has 3 N–H and O–H groups in total. The maximum atomic E-state index is 11.1. The number of aryl methyl sites for hydroxylation is 1. The third kappa shape index (κ3) is 1.79. The lowest BCUT2D eigenvalue weighted by Gasteiger charge is -2.16. The summed E-state index contributed by atoms with van der Waals surface area (Å²) in [5.41, 5.74) is 11.7. The highest BCUT2D eigenvalue weighted by Gasteiger charge is 2.29. The van der Waals surface area contributed by atoms with Crippen LogP contribution in [0, 0.1) is 6.92 Å². The zero-order chi connectivity index (χ0) is 12.0. The van der Waals surface area contributed by atoms with Crippen LogP contribution in [0.15, 0.2) is 6.07 Å². The Kier molecular flexibility index (Phi) is 2.35. The number of amides is 2. The normalized spacial score (nSPS) is 17.9. The molecule has 0 saturated heterocycles. The van der Waals surface area contributed by atoms with E-state index in [2.05, 4.69) is 18.3 Å². The standard InChI is InChI=1S/C14H18N2O/c1-8-12(9-5-6-9)7-10-3-2-4-11(10)13(8)16-14(15)17/h7,9H,2-6H2,1H3,(H3,15,16,17). The van der Waals surface area contributed by atoms with Gasteiger partial charge in [-0.3, -0.25) is 0 Å². The number of fused-ring (bicyclic) bond motifs is 1. The van der Waals surface area contributed by atoms with Gasteiger partial charge in [0.1, 0.15) is 0 Å². The fraction of sp³-hybridized carbons (Fsp3) is 0.500. The molecule has 0 aliphatic heterocycles. The van der Waals surface area contributed by atoms with Gasteiger partial charge in [-0.05, 0) is 67.2 Å². The van der Waals surface area contributed by atoms with Gasteiger partial charge >= 0.3 is 6.03 Å². The molecule has 0 unspecified atom stereocenters. The van der Waals surface area contributed by atoms with E-state index in [0.717, 1.165) is 18.5 Å². The van der Waals surface area contributed by atoms with Crippen molar-refractivity contribution in [2.24, 2.45) is 5.73 Å². The average Bonchev–Trinajstić information content (AvgIpc) is 3.00. The number of hydrogen-bond acceptors (Lipinski definition) is 1. The topological polar surface area (TPSA) is 55.1 Å². The molecule has 1 aromatic rings. The monoisotopic (exact) mass is 230 g/mol. The smallest absolute Gasteiger partial charge is 0.316 e. The van der Waals surface area contributed by atoms with Gasteiger partial charge in [-0.1, -0.05) is 6.07 Å². The largest absolute Gasteiger partial charge is 0.351 e. The first-order valence-electron chi connectivity index (χ1n) is 6.38. The van der Waals surface area contributed by atoms with Crippen molar-refractivity contribution in [3.8, 4) is 0 Å². The highest BCUT2D eigenvalue weighted by molar-refractivity contribution is 5.90. The number of urea groups is 1. The summed E-state index contributed by atoms with van der Waals surface area (Å²) < 4.78 is 0. The van der Waals surface area contributed by atoms with E-state index in [9.17, 15) is 4.79 Å². The van der Waals surface area contributed by atoms with Gasteiger partial charge in [-0.25, -0.2) is 4.79 Å². The number of nitrogens with one attached hydrogen (secondary N) is 1. The number of anilines is 1. The van der Waals surface area contributed by atoms with Gasteiger partial charge in [-0.15, -0.1) is 0 Å². The van der Waals surface area contributed by atoms with Crippen LogP contribution >= 0.6 is 0 Å². The minimum atomic E-state index is -0.449. The number of carbonyl (C=O) groups is 1.